The molecule has 0 aliphatic carbocycles. The van der Waals surface area contributed by atoms with Crippen molar-refractivity contribution < 1.29 is 4.79 Å². The molecule has 0 spiro atoms. The molecule has 0 aliphatic heterocycles. The molecular formula is C20H21N5O. The lowest BCUT2D eigenvalue weighted by molar-refractivity contribution is 0.102. The molecule has 0 saturated heterocycles. The molecule has 5 N–H and O–H groups in total. The number of amides is 1. The zero-order valence-corrected chi connectivity index (χ0v) is 14.3. The number of hydrogen-bond donors (Lipinski definition) is 3. The molecule has 0 atom stereocenters. The van der Waals surface area contributed by atoms with Gasteiger partial charge in [0.15, 0.2) is 0 Å². The molecule has 26 heavy (non-hydrogen) atoms. The molecule has 0 radical (unpaired) electrons. The van der Waals surface area contributed by atoms with Crippen molar-refractivity contribution in [2.45, 2.75) is 6.42 Å². The van der Waals surface area contributed by atoms with Crippen molar-refractivity contribution in [1.29, 1.82) is 0 Å². The highest BCUT2D eigenvalue weighted by atomic mass is 16.1. The van der Waals surface area contributed by atoms with Crippen LogP contribution in [0.5, 0.6) is 0 Å². The van der Waals surface area contributed by atoms with Crippen LogP contribution in [0.25, 0.3) is 0 Å². The summed E-state index contributed by atoms with van der Waals surface area (Å²) < 4.78 is 0. The monoisotopic (exact) mass is 347 g/mol. The Balaban J connectivity index is 1.60. The van der Waals surface area contributed by atoms with Crippen LogP contribution in [0.2, 0.25) is 0 Å². The van der Waals surface area contributed by atoms with Crippen molar-refractivity contribution >= 4 is 23.1 Å². The van der Waals surface area contributed by atoms with Gasteiger partial charge in [0.1, 0.15) is 5.82 Å². The summed E-state index contributed by atoms with van der Waals surface area (Å²) in [5.74, 6) is 6.41. The van der Waals surface area contributed by atoms with E-state index in [1.54, 1.807) is 29.3 Å². The fourth-order valence-corrected chi connectivity index (χ4v) is 2.50. The maximum Gasteiger partial charge on any atom is 0.257 e. The zero-order chi connectivity index (χ0) is 18.4. The van der Waals surface area contributed by atoms with Gasteiger partial charge in [0.25, 0.3) is 5.91 Å². The van der Waals surface area contributed by atoms with Gasteiger partial charge < -0.3 is 11.1 Å². The number of carbonyl (C=O) groups is 1. The Morgan fingerprint density at radius 1 is 1.00 bits per heavy atom. The van der Waals surface area contributed by atoms with E-state index in [9.17, 15) is 4.79 Å². The molecule has 0 aliphatic rings. The van der Waals surface area contributed by atoms with Gasteiger partial charge in [-0.2, -0.15) is 0 Å². The summed E-state index contributed by atoms with van der Waals surface area (Å²) in [7, 11) is 0. The van der Waals surface area contributed by atoms with Crippen molar-refractivity contribution in [3.63, 3.8) is 0 Å². The Morgan fingerprint density at radius 2 is 1.73 bits per heavy atom. The number of rotatable bonds is 6. The van der Waals surface area contributed by atoms with Crippen molar-refractivity contribution in [3.05, 3.63) is 84.1 Å². The molecule has 0 saturated carbocycles. The second kappa shape index (κ2) is 8.13. The largest absolute Gasteiger partial charge is 0.397 e. The van der Waals surface area contributed by atoms with E-state index >= 15 is 0 Å². The van der Waals surface area contributed by atoms with Crippen LogP contribution in [0.15, 0.2) is 72.9 Å². The molecule has 3 rings (SSSR count). The Labute approximate surface area is 152 Å². The summed E-state index contributed by atoms with van der Waals surface area (Å²) in [6.07, 6.45) is 2.32. The Bertz CT molecular complexity index is 865. The minimum atomic E-state index is -0.269. The summed E-state index contributed by atoms with van der Waals surface area (Å²) >= 11 is 0. The lowest BCUT2D eigenvalue weighted by Gasteiger charge is -2.17. The number of hydrazine groups is 1. The highest BCUT2D eigenvalue weighted by molar-refractivity contribution is 6.05. The van der Waals surface area contributed by atoms with E-state index in [0.717, 1.165) is 6.42 Å². The number of nitrogens with zero attached hydrogens (tertiary/aromatic N) is 2. The third kappa shape index (κ3) is 4.37. The van der Waals surface area contributed by atoms with Gasteiger partial charge in [0.05, 0.1) is 16.9 Å². The number of hydrogen-bond acceptors (Lipinski definition) is 5. The second-order valence-corrected chi connectivity index (χ2v) is 5.88. The number of aromatic nitrogens is 1. The van der Waals surface area contributed by atoms with Gasteiger partial charge in [-0.25, -0.2) is 10.8 Å². The summed E-state index contributed by atoms with van der Waals surface area (Å²) in [4.78, 5) is 16.6. The number of nitrogen functional groups attached to an aromatic ring is 1. The first-order chi connectivity index (χ1) is 12.6. The Kier molecular flexibility index (Phi) is 5.46. The fourth-order valence-electron chi connectivity index (χ4n) is 2.50. The molecule has 1 aromatic heterocycles. The van der Waals surface area contributed by atoms with Gasteiger partial charge in [-0.05, 0) is 36.2 Å². The predicted octanol–water partition coefficient (Wildman–Crippen LogP) is 2.84. The molecule has 3 aromatic rings. The number of carbonyl (C=O) groups excluding carboxylic acids is 1. The minimum absolute atomic E-state index is 0.269. The van der Waals surface area contributed by atoms with Gasteiger partial charge >= 0.3 is 0 Å². The lowest BCUT2D eigenvalue weighted by atomic mass is 10.1. The van der Waals surface area contributed by atoms with E-state index in [2.05, 4.69) is 22.4 Å². The first kappa shape index (κ1) is 17.4. The quantitative estimate of drug-likeness (QED) is 0.362. The molecule has 132 valence electrons. The van der Waals surface area contributed by atoms with Crippen LogP contribution in [0, 0.1) is 0 Å². The molecule has 2 aromatic carbocycles. The van der Waals surface area contributed by atoms with Crippen molar-refractivity contribution in [1.82, 2.24) is 4.98 Å². The molecule has 0 fully saturated rings. The first-order valence-electron chi connectivity index (χ1n) is 8.31. The number of para-hydroxylation sites is 2. The molecule has 6 nitrogen and oxygen atoms in total. The fraction of sp³-hybridized carbons (Fsp3) is 0.100. The van der Waals surface area contributed by atoms with Gasteiger partial charge in [-0.15, -0.1) is 0 Å². The molecule has 1 heterocycles. The van der Waals surface area contributed by atoms with Crippen molar-refractivity contribution in [3.8, 4) is 0 Å². The summed E-state index contributed by atoms with van der Waals surface area (Å²) in [5.41, 5.74) is 8.57. The normalized spacial score (nSPS) is 10.3. The SMILES string of the molecule is Nc1ccccc1NC(=O)c1ccc(N(N)CCc2ccccc2)nc1. The molecule has 1 amide bonds. The van der Waals surface area contributed by atoms with Crippen LogP contribution in [0.1, 0.15) is 15.9 Å². The van der Waals surface area contributed by atoms with Gasteiger partial charge in [0.2, 0.25) is 0 Å². The third-order valence-electron chi connectivity index (χ3n) is 4.00. The number of anilines is 3. The summed E-state index contributed by atoms with van der Waals surface area (Å²) in [6, 6.07) is 20.6. The standard InChI is InChI=1S/C20H21N5O/c21-17-8-4-5-9-18(17)24-20(26)16-10-11-19(23-14-16)25(22)13-12-15-6-2-1-3-7-15/h1-11,14H,12-13,21-22H2,(H,24,26). The zero-order valence-electron chi connectivity index (χ0n) is 14.3. The van der Waals surface area contributed by atoms with Gasteiger partial charge in [-0.1, -0.05) is 42.5 Å². The van der Waals surface area contributed by atoms with E-state index in [0.29, 0.717) is 29.3 Å². The number of benzene rings is 2. The van der Waals surface area contributed by atoms with E-state index in [-0.39, 0.29) is 5.91 Å². The van der Waals surface area contributed by atoms with E-state index in [4.69, 9.17) is 11.6 Å². The van der Waals surface area contributed by atoms with Crippen LogP contribution < -0.4 is 21.9 Å². The average Bonchev–Trinajstić information content (AvgIpc) is 2.69. The summed E-state index contributed by atoms with van der Waals surface area (Å²) in [5, 5.41) is 4.35. The highest BCUT2D eigenvalue weighted by Gasteiger charge is 2.10. The maximum absolute atomic E-state index is 12.3. The Hall–Kier alpha value is -3.38. The van der Waals surface area contributed by atoms with Crippen molar-refractivity contribution in [2.24, 2.45) is 5.84 Å². The number of nitrogens with one attached hydrogen (secondary N) is 1. The number of pyridine rings is 1. The average molecular weight is 347 g/mol. The van der Waals surface area contributed by atoms with Crippen LogP contribution in [0.3, 0.4) is 0 Å². The van der Waals surface area contributed by atoms with E-state index in [1.807, 2.05) is 30.3 Å². The number of nitrogens with two attached hydrogens (primary N) is 2. The molecule has 0 bridgehead atoms. The van der Waals surface area contributed by atoms with Crippen LogP contribution >= 0.6 is 0 Å². The highest BCUT2D eigenvalue weighted by Crippen LogP contribution is 2.18. The summed E-state index contributed by atoms with van der Waals surface area (Å²) in [6.45, 7) is 0.628. The molecular weight excluding hydrogens is 326 g/mol. The van der Waals surface area contributed by atoms with Gasteiger partial charge in [0, 0.05) is 12.7 Å². The van der Waals surface area contributed by atoms with E-state index < -0.39 is 0 Å². The second-order valence-electron chi connectivity index (χ2n) is 5.88. The van der Waals surface area contributed by atoms with Crippen LogP contribution in [-0.2, 0) is 6.42 Å². The van der Waals surface area contributed by atoms with Crippen molar-refractivity contribution in [2.75, 3.05) is 22.6 Å². The third-order valence-corrected chi connectivity index (χ3v) is 4.00. The smallest absolute Gasteiger partial charge is 0.257 e. The molecule has 0 unspecified atom stereocenters. The van der Waals surface area contributed by atoms with Crippen LogP contribution in [0.4, 0.5) is 17.2 Å². The topological polar surface area (TPSA) is 97.3 Å². The molecule has 6 heteroatoms. The Morgan fingerprint density at radius 3 is 2.42 bits per heavy atom. The maximum atomic E-state index is 12.3. The first-order valence-corrected chi connectivity index (χ1v) is 8.31. The lowest BCUT2D eigenvalue weighted by Crippen LogP contribution is -2.33. The predicted molar refractivity (Wildman–Crippen MR) is 105 cm³/mol. The van der Waals surface area contributed by atoms with Gasteiger partial charge in [-0.3, -0.25) is 9.80 Å². The minimum Gasteiger partial charge on any atom is -0.397 e. The van der Waals surface area contributed by atoms with Crippen LogP contribution in [-0.4, -0.2) is 17.4 Å². The van der Waals surface area contributed by atoms with E-state index in [1.165, 1.54) is 11.8 Å².